The van der Waals surface area contributed by atoms with Crippen LogP contribution >= 0.6 is 0 Å². The molecule has 3 rings (SSSR count). The Balaban J connectivity index is 1.77. The number of carbonyl (C=O) groups is 1. The fraction of sp³-hybridized carbons (Fsp3) is 0.0625. The van der Waals surface area contributed by atoms with E-state index >= 15 is 0 Å². The predicted octanol–water partition coefficient (Wildman–Crippen LogP) is 1.54. The first-order valence-electron chi connectivity index (χ1n) is 6.78. The van der Waals surface area contributed by atoms with Crippen LogP contribution in [0.25, 0.3) is 11.0 Å². The molecule has 0 fully saturated rings. The smallest absolute Gasteiger partial charge is 0.269 e. The van der Waals surface area contributed by atoms with Crippen LogP contribution in [0.2, 0.25) is 0 Å². The number of rotatable bonds is 4. The zero-order valence-corrected chi connectivity index (χ0v) is 11.7. The Bertz CT molecular complexity index is 859. The van der Waals surface area contributed by atoms with Crippen molar-refractivity contribution in [2.45, 2.75) is 6.54 Å². The minimum atomic E-state index is -0.317. The molecule has 0 aliphatic heterocycles. The molecule has 0 aliphatic rings. The van der Waals surface area contributed by atoms with Gasteiger partial charge in [-0.15, -0.1) is 0 Å². The summed E-state index contributed by atoms with van der Waals surface area (Å²) in [4.78, 5) is 28.0. The number of anilines is 1. The number of hydrazine groups is 1. The molecule has 6 heteroatoms. The lowest BCUT2D eigenvalue weighted by molar-refractivity contribution is -0.121. The second kappa shape index (κ2) is 6.09. The van der Waals surface area contributed by atoms with E-state index in [2.05, 4.69) is 15.8 Å². The van der Waals surface area contributed by atoms with Crippen LogP contribution in [0, 0.1) is 0 Å². The predicted molar refractivity (Wildman–Crippen MR) is 84.2 cm³/mol. The highest BCUT2D eigenvalue weighted by atomic mass is 16.2. The average Bonchev–Trinajstić information content (AvgIpc) is 2.56. The molecule has 0 atom stereocenters. The Morgan fingerprint density at radius 3 is 2.59 bits per heavy atom. The van der Waals surface area contributed by atoms with Crippen LogP contribution in [0.1, 0.15) is 0 Å². The second-order valence-corrected chi connectivity index (χ2v) is 4.71. The van der Waals surface area contributed by atoms with Gasteiger partial charge in [0.15, 0.2) is 0 Å². The molecular weight excluding hydrogens is 280 g/mol. The zero-order valence-electron chi connectivity index (χ0n) is 11.7. The lowest BCUT2D eigenvalue weighted by Gasteiger charge is -2.11. The van der Waals surface area contributed by atoms with Crippen molar-refractivity contribution < 1.29 is 4.79 Å². The van der Waals surface area contributed by atoms with Crippen molar-refractivity contribution in [3.8, 4) is 0 Å². The molecule has 0 unspecified atom stereocenters. The zero-order chi connectivity index (χ0) is 15.4. The third-order valence-corrected chi connectivity index (χ3v) is 3.17. The molecule has 0 spiro atoms. The summed E-state index contributed by atoms with van der Waals surface area (Å²) in [6, 6.07) is 16.5. The first-order valence-corrected chi connectivity index (χ1v) is 6.78. The Labute approximate surface area is 126 Å². The molecule has 1 amide bonds. The lowest BCUT2D eigenvalue weighted by Crippen LogP contribution is -2.35. The molecule has 6 nitrogen and oxygen atoms in total. The SMILES string of the molecule is O=C(Cn1c(=O)cnc2ccccc21)NNc1ccccc1. The van der Waals surface area contributed by atoms with Gasteiger partial charge in [-0.1, -0.05) is 30.3 Å². The van der Waals surface area contributed by atoms with Gasteiger partial charge in [-0.25, -0.2) is 4.98 Å². The average molecular weight is 294 g/mol. The second-order valence-electron chi connectivity index (χ2n) is 4.71. The molecule has 0 radical (unpaired) electrons. The van der Waals surface area contributed by atoms with Gasteiger partial charge in [-0.3, -0.25) is 25.0 Å². The molecule has 2 aromatic carbocycles. The molecule has 1 aromatic heterocycles. The summed E-state index contributed by atoms with van der Waals surface area (Å²) < 4.78 is 1.39. The maximum atomic E-state index is 12.0. The number of carbonyl (C=O) groups excluding carboxylic acids is 1. The van der Waals surface area contributed by atoms with Gasteiger partial charge in [0, 0.05) is 0 Å². The molecule has 2 N–H and O–H groups in total. The third kappa shape index (κ3) is 2.95. The van der Waals surface area contributed by atoms with Crippen molar-refractivity contribution in [2.75, 3.05) is 5.43 Å². The van der Waals surface area contributed by atoms with Crippen LogP contribution in [0.3, 0.4) is 0 Å². The minimum absolute atomic E-state index is 0.0816. The Kier molecular flexibility index (Phi) is 3.82. The van der Waals surface area contributed by atoms with Gasteiger partial charge in [0.1, 0.15) is 6.54 Å². The van der Waals surface area contributed by atoms with Crippen LogP contribution in [0.4, 0.5) is 5.69 Å². The fourth-order valence-corrected chi connectivity index (χ4v) is 2.12. The summed E-state index contributed by atoms with van der Waals surface area (Å²) >= 11 is 0. The topological polar surface area (TPSA) is 76.0 Å². The van der Waals surface area contributed by atoms with E-state index in [0.717, 1.165) is 5.69 Å². The maximum Gasteiger partial charge on any atom is 0.269 e. The molecule has 22 heavy (non-hydrogen) atoms. The summed E-state index contributed by atoms with van der Waals surface area (Å²) in [6.45, 7) is -0.0816. The van der Waals surface area contributed by atoms with Crippen molar-refractivity contribution in [2.24, 2.45) is 0 Å². The first kappa shape index (κ1) is 13.8. The monoisotopic (exact) mass is 294 g/mol. The van der Waals surface area contributed by atoms with Crippen molar-refractivity contribution in [1.82, 2.24) is 15.0 Å². The molecular formula is C16H14N4O2. The van der Waals surface area contributed by atoms with E-state index in [1.165, 1.54) is 10.8 Å². The number of benzene rings is 2. The van der Waals surface area contributed by atoms with Gasteiger partial charge < -0.3 is 0 Å². The third-order valence-electron chi connectivity index (χ3n) is 3.17. The quantitative estimate of drug-likeness (QED) is 0.716. The molecule has 0 bridgehead atoms. The van der Waals surface area contributed by atoms with E-state index in [4.69, 9.17) is 0 Å². The van der Waals surface area contributed by atoms with Gasteiger partial charge in [0.2, 0.25) is 0 Å². The van der Waals surface area contributed by atoms with Crippen LogP contribution in [0.5, 0.6) is 0 Å². The number of para-hydroxylation sites is 3. The Morgan fingerprint density at radius 2 is 1.77 bits per heavy atom. The van der Waals surface area contributed by atoms with E-state index in [-0.39, 0.29) is 18.0 Å². The first-order chi connectivity index (χ1) is 10.7. The molecule has 0 saturated carbocycles. The van der Waals surface area contributed by atoms with Gasteiger partial charge in [0.05, 0.1) is 22.9 Å². The van der Waals surface area contributed by atoms with Gasteiger partial charge in [-0.2, -0.15) is 0 Å². The highest BCUT2D eigenvalue weighted by Crippen LogP contribution is 2.08. The van der Waals surface area contributed by atoms with Crippen LogP contribution in [0.15, 0.2) is 65.6 Å². The van der Waals surface area contributed by atoms with E-state index < -0.39 is 0 Å². The highest BCUT2D eigenvalue weighted by molar-refractivity contribution is 5.80. The molecule has 110 valence electrons. The van der Waals surface area contributed by atoms with Crippen LogP contribution < -0.4 is 16.4 Å². The highest BCUT2D eigenvalue weighted by Gasteiger charge is 2.08. The Hall–Kier alpha value is -3.15. The standard InChI is InChI=1S/C16H14N4O2/c21-15(19-18-12-6-2-1-3-7-12)11-20-14-9-5-4-8-13(14)17-10-16(20)22/h1-10,18H,11H2,(H,19,21). The van der Waals surface area contributed by atoms with Gasteiger partial charge in [0.25, 0.3) is 11.5 Å². The lowest BCUT2D eigenvalue weighted by atomic mass is 10.3. The largest absolute Gasteiger partial charge is 0.299 e. The van der Waals surface area contributed by atoms with Gasteiger partial charge in [-0.05, 0) is 24.3 Å². The molecule has 0 aliphatic carbocycles. The summed E-state index contributed by atoms with van der Waals surface area (Å²) in [7, 11) is 0. The van der Waals surface area contributed by atoms with E-state index in [0.29, 0.717) is 11.0 Å². The minimum Gasteiger partial charge on any atom is -0.299 e. The number of nitrogens with one attached hydrogen (secondary N) is 2. The number of nitrogens with zero attached hydrogens (tertiary/aromatic N) is 2. The summed E-state index contributed by atoms with van der Waals surface area (Å²) in [6.07, 6.45) is 1.22. The van der Waals surface area contributed by atoms with Crippen LogP contribution in [-0.4, -0.2) is 15.5 Å². The van der Waals surface area contributed by atoms with Crippen LogP contribution in [-0.2, 0) is 11.3 Å². The normalized spacial score (nSPS) is 10.4. The molecule has 3 aromatic rings. The number of hydrogen-bond acceptors (Lipinski definition) is 4. The summed E-state index contributed by atoms with van der Waals surface area (Å²) in [5.74, 6) is -0.317. The number of aromatic nitrogens is 2. The number of amides is 1. The number of fused-ring (bicyclic) bond motifs is 1. The summed E-state index contributed by atoms with van der Waals surface area (Å²) in [5, 5.41) is 0. The molecule has 0 saturated heterocycles. The summed E-state index contributed by atoms with van der Waals surface area (Å²) in [5.41, 5.74) is 7.13. The van der Waals surface area contributed by atoms with Gasteiger partial charge >= 0.3 is 0 Å². The van der Waals surface area contributed by atoms with Crippen molar-refractivity contribution >= 4 is 22.6 Å². The maximum absolute atomic E-state index is 12.0. The van der Waals surface area contributed by atoms with Crippen molar-refractivity contribution in [3.63, 3.8) is 0 Å². The van der Waals surface area contributed by atoms with Crippen molar-refractivity contribution in [1.29, 1.82) is 0 Å². The van der Waals surface area contributed by atoms with Crippen molar-refractivity contribution in [3.05, 3.63) is 71.1 Å². The fourth-order valence-electron chi connectivity index (χ4n) is 2.12. The number of hydrogen-bond donors (Lipinski definition) is 2. The Morgan fingerprint density at radius 1 is 1.05 bits per heavy atom. The van der Waals surface area contributed by atoms with E-state index in [1.54, 1.807) is 18.2 Å². The van der Waals surface area contributed by atoms with E-state index in [9.17, 15) is 9.59 Å². The van der Waals surface area contributed by atoms with E-state index in [1.807, 2.05) is 36.4 Å². The molecule has 1 heterocycles.